The maximum Gasteiger partial charge on any atom is 0.317 e. The second-order valence-corrected chi connectivity index (χ2v) is 16.0. The standard InChI is InChI=1S/C40H57N3O8/c1-39(25-42(21-37(44)45)19-31(39)27-13-15-33(48-3)35(17-27)50-29-9-5-6-10-29)23-41-24-40(2)26-43(22-38(46)47)20-32(40)28-14-16-34(49-4)36(18-28)51-30-11-7-8-12-30/h13-18,29-32,41H,5-12,19-26H2,1-4H3,(H,44,45)(H,46,47)/t31-,32-,39+,40+/m0/s1. The number of nitrogens with one attached hydrogen (secondary N) is 1. The molecule has 0 aromatic heterocycles. The van der Waals surface area contributed by atoms with Gasteiger partial charge in [-0.3, -0.25) is 19.4 Å². The molecule has 2 saturated carbocycles. The number of carboxylic acid groups (broad SMARTS) is 2. The lowest BCUT2D eigenvalue weighted by atomic mass is 9.74. The Bertz CT molecular complexity index is 1410. The monoisotopic (exact) mass is 707 g/mol. The fraction of sp³-hybridized carbons (Fsp3) is 0.650. The van der Waals surface area contributed by atoms with Gasteiger partial charge in [0.05, 0.1) is 39.5 Å². The van der Waals surface area contributed by atoms with Crippen LogP contribution >= 0.6 is 0 Å². The highest BCUT2D eigenvalue weighted by atomic mass is 16.5. The van der Waals surface area contributed by atoms with Gasteiger partial charge in [0.2, 0.25) is 0 Å². The van der Waals surface area contributed by atoms with Crippen LogP contribution in [0.1, 0.15) is 88.2 Å². The molecule has 2 aromatic rings. The highest BCUT2D eigenvalue weighted by Crippen LogP contribution is 2.47. The summed E-state index contributed by atoms with van der Waals surface area (Å²) in [7, 11) is 3.33. The van der Waals surface area contributed by atoms with E-state index < -0.39 is 11.9 Å². The number of ether oxygens (including phenoxy) is 4. The van der Waals surface area contributed by atoms with Crippen molar-refractivity contribution in [2.75, 3.05) is 66.6 Å². The van der Waals surface area contributed by atoms with Crippen molar-refractivity contribution in [3.63, 3.8) is 0 Å². The lowest BCUT2D eigenvalue weighted by molar-refractivity contribution is -0.139. The van der Waals surface area contributed by atoms with E-state index in [1.807, 2.05) is 21.9 Å². The molecule has 51 heavy (non-hydrogen) atoms. The molecule has 280 valence electrons. The smallest absolute Gasteiger partial charge is 0.317 e. The maximum absolute atomic E-state index is 11.9. The number of methoxy groups -OCH3 is 2. The molecule has 2 heterocycles. The van der Waals surface area contributed by atoms with E-state index in [0.717, 1.165) is 48.3 Å². The summed E-state index contributed by atoms with van der Waals surface area (Å²) < 4.78 is 24.3. The van der Waals surface area contributed by atoms with Crippen LogP contribution in [0.15, 0.2) is 36.4 Å². The third kappa shape index (κ3) is 8.75. The van der Waals surface area contributed by atoms with Gasteiger partial charge in [0.1, 0.15) is 0 Å². The van der Waals surface area contributed by atoms with E-state index >= 15 is 0 Å². The van der Waals surface area contributed by atoms with Crippen molar-refractivity contribution in [2.24, 2.45) is 10.8 Å². The molecule has 0 unspecified atom stereocenters. The molecule has 0 bridgehead atoms. The fourth-order valence-corrected chi connectivity index (χ4v) is 9.33. The van der Waals surface area contributed by atoms with Gasteiger partial charge in [-0.05, 0) is 86.8 Å². The van der Waals surface area contributed by atoms with E-state index in [2.05, 4.69) is 43.4 Å². The highest BCUT2D eigenvalue weighted by Gasteiger charge is 2.47. The highest BCUT2D eigenvalue weighted by molar-refractivity contribution is 5.69. The molecule has 11 heteroatoms. The third-order valence-electron chi connectivity index (χ3n) is 11.9. The van der Waals surface area contributed by atoms with Crippen LogP contribution in [0.2, 0.25) is 0 Å². The zero-order valence-electron chi connectivity index (χ0n) is 30.8. The molecule has 2 saturated heterocycles. The average Bonchev–Trinajstić information content (AvgIpc) is 3.89. The molecule has 2 aliphatic heterocycles. The summed E-state index contributed by atoms with van der Waals surface area (Å²) in [5, 5.41) is 23.3. The van der Waals surface area contributed by atoms with E-state index in [9.17, 15) is 19.8 Å². The fourth-order valence-electron chi connectivity index (χ4n) is 9.33. The Morgan fingerprint density at radius 3 is 1.43 bits per heavy atom. The molecule has 0 radical (unpaired) electrons. The second-order valence-electron chi connectivity index (χ2n) is 16.0. The average molecular weight is 708 g/mol. The number of carbonyl (C=O) groups is 2. The van der Waals surface area contributed by atoms with Crippen molar-refractivity contribution in [3.8, 4) is 23.0 Å². The molecule has 2 aromatic carbocycles. The van der Waals surface area contributed by atoms with Crippen molar-refractivity contribution in [1.29, 1.82) is 0 Å². The molecule has 3 N–H and O–H groups in total. The predicted molar refractivity (Wildman–Crippen MR) is 194 cm³/mol. The van der Waals surface area contributed by atoms with E-state index in [-0.39, 0.29) is 48.0 Å². The summed E-state index contributed by atoms with van der Waals surface area (Å²) in [5.41, 5.74) is 1.68. The van der Waals surface area contributed by atoms with Crippen LogP contribution in [0.25, 0.3) is 0 Å². The number of carboxylic acids is 2. The third-order valence-corrected chi connectivity index (χ3v) is 11.9. The molecular weight excluding hydrogens is 650 g/mol. The Labute approximate surface area is 302 Å². The number of benzene rings is 2. The zero-order chi connectivity index (χ0) is 36.2. The number of rotatable bonds is 16. The van der Waals surface area contributed by atoms with Gasteiger partial charge in [-0.1, -0.05) is 26.0 Å². The molecule has 4 aliphatic rings. The van der Waals surface area contributed by atoms with Gasteiger partial charge in [-0.15, -0.1) is 0 Å². The Kier molecular flexibility index (Phi) is 11.7. The van der Waals surface area contributed by atoms with Gasteiger partial charge in [-0.25, -0.2) is 0 Å². The minimum atomic E-state index is -0.832. The van der Waals surface area contributed by atoms with Gasteiger partial charge >= 0.3 is 11.9 Å². The van der Waals surface area contributed by atoms with E-state index in [4.69, 9.17) is 18.9 Å². The first kappa shape index (κ1) is 37.2. The van der Waals surface area contributed by atoms with Gasteiger partial charge in [0.15, 0.2) is 23.0 Å². The molecular formula is C40H57N3O8. The summed E-state index contributed by atoms with van der Waals surface area (Å²) >= 11 is 0. The number of nitrogens with zero attached hydrogens (tertiary/aromatic N) is 2. The predicted octanol–water partition coefficient (Wildman–Crippen LogP) is 5.62. The SMILES string of the molecule is COc1ccc([C@@H]2CN(CC(=O)O)C[C@@]2(C)CNC[C@]2(C)CN(CC(=O)O)C[C@H]2c2ccc(OC)c(OC3CCCC3)c2)cc1OC1CCCC1. The van der Waals surface area contributed by atoms with Crippen molar-refractivity contribution in [3.05, 3.63) is 47.5 Å². The summed E-state index contributed by atoms with van der Waals surface area (Å²) in [6.07, 6.45) is 9.22. The first-order valence-electron chi connectivity index (χ1n) is 18.8. The minimum absolute atomic E-state index is 0.0135. The van der Waals surface area contributed by atoms with E-state index in [1.165, 1.54) is 25.7 Å². The van der Waals surface area contributed by atoms with Crippen molar-refractivity contribution >= 4 is 11.9 Å². The largest absolute Gasteiger partial charge is 0.493 e. The normalized spacial score (nSPS) is 27.6. The molecule has 2 aliphatic carbocycles. The first-order chi connectivity index (χ1) is 24.5. The van der Waals surface area contributed by atoms with Gasteiger partial charge in [-0.2, -0.15) is 0 Å². The van der Waals surface area contributed by atoms with Crippen LogP contribution in [0.3, 0.4) is 0 Å². The van der Waals surface area contributed by atoms with E-state index in [0.29, 0.717) is 50.8 Å². The molecule has 4 atom stereocenters. The Hall–Kier alpha value is -3.54. The van der Waals surface area contributed by atoms with Crippen molar-refractivity contribution < 1.29 is 38.7 Å². The zero-order valence-corrected chi connectivity index (χ0v) is 30.8. The van der Waals surface area contributed by atoms with Crippen LogP contribution in [0, 0.1) is 10.8 Å². The Balaban J connectivity index is 1.22. The van der Waals surface area contributed by atoms with Gasteiger partial charge in [0.25, 0.3) is 0 Å². The molecule has 11 nitrogen and oxygen atoms in total. The van der Waals surface area contributed by atoms with Crippen LogP contribution in [0.4, 0.5) is 0 Å². The molecule has 6 rings (SSSR count). The Morgan fingerprint density at radius 2 is 1.08 bits per heavy atom. The summed E-state index contributed by atoms with van der Waals surface area (Å²) in [4.78, 5) is 27.8. The molecule has 0 amide bonds. The lowest BCUT2D eigenvalue weighted by Crippen LogP contribution is -2.44. The van der Waals surface area contributed by atoms with Crippen LogP contribution in [-0.2, 0) is 9.59 Å². The molecule has 4 fully saturated rings. The number of aliphatic carboxylic acids is 2. The van der Waals surface area contributed by atoms with Crippen LogP contribution in [0.5, 0.6) is 23.0 Å². The van der Waals surface area contributed by atoms with Crippen molar-refractivity contribution in [2.45, 2.75) is 89.3 Å². The van der Waals surface area contributed by atoms with Crippen LogP contribution in [-0.4, -0.2) is 111 Å². The summed E-state index contributed by atoms with van der Waals surface area (Å²) in [5.74, 6) is 1.40. The lowest BCUT2D eigenvalue weighted by Gasteiger charge is -2.36. The quantitative estimate of drug-likeness (QED) is 0.201. The topological polar surface area (TPSA) is 130 Å². The maximum atomic E-state index is 11.9. The molecule has 0 spiro atoms. The second kappa shape index (κ2) is 16.0. The van der Waals surface area contributed by atoms with Gasteiger partial charge < -0.3 is 34.5 Å². The summed E-state index contributed by atoms with van der Waals surface area (Å²) in [6, 6.07) is 12.4. The van der Waals surface area contributed by atoms with Crippen LogP contribution < -0.4 is 24.3 Å². The number of hydrogen-bond donors (Lipinski definition) is 3. The Morgan fingerprint density at radius 1 is 0.686 bits per heavy atom. The van der Waals surface area contributed by atoms with Gasteiger partial charge in [0, 0.05) is 61.9 Å². The van der Waals surface area contributed by atoms with Crippen molar-refractivity contribution in [1.82, 2.24) is 15.1 Å². The summed E-state index contributed by atoms with van der Waals surface area (Å²) in [6.45, 7) is 8.31. The first-order valence-corrected chi connectivity index (χ1v) is 18.8. The number of likely N-dealkylation sites (tertiary alicyclic amines) is 2. The minimum Gasteiger partial charge on any atom is -0.493 e. The van der Waals surface area contributed by atoms with E-state index in [1.54, 1.807) is 14.2 Å². The number of hydrogen-bond acceptors (Lipinski definition) is 9.